The van der Waals surface area contributed by atoms with Crippen LogP contribution in [0.1, 0.15) is 5.56 Å². The fraction of sp³-hybridized carbons (Fsp3) is 0.278. The molecule has 1 aliphatic rings. The molecule has 0 aromatic heterocycles. The first-order valence-corrected chi connectivity index (χ1v) is 10.5. The highest BCUT2D eigenvalue weighted by molar-refractivity contribution is 7.89. The molecule has 1 saturated heterocycles. The van der Waals surface area contributed by atoms with E-state index in [1.54, 1.807) is 30.3 Å². The summed E-state index contributed by atoms with van der Waals surface area (Å²) < 4.78 is 26.8. The maximum absolute atomic E-state index is 12.7. The number of sulfonamides is 1. The predicted octanol–water partition coefficient (Wildman–Crippen LogP) is 3.35. The summed E-state index contributed by atoms with van der Waals surface area (Å²) >= 11 is 11.6. The van der Waals surface area contributed by atoms with Crippen LogP contribution in [0.3, 0.4) is 0 Å². The van der Waals surface area contributed by atoms with E-state index in [1.807, 2.05) is 30.0 Å². The zero-order valence-electron chi connectivity index (χ0n) is 14.4. The van der Waals surface area contributed by atoms with Gasteiger partial charge >= 0.3 is 0 Å². The van der Waals surface area contributed by atoms with Crippen molar-refractivity contribution in [1.29, 1.82) is 0 Å². The molecular weight excluding hydrogens is 390 g/mol. The lowest BCUT2D eigenvalue weighted by molar-refractivity contribution is 0.268. The third kappa shape index (κ3) is 4.17. The van der Waals surface area contributed by atoms with E-state index in [2.05, 4.69) is 5.32 Å². The zero-order valence-corrected chi connectivity index (χ0v) is 16.7. The van der Waals surface area contributed by atoms with Gasteiger partial charge in [-0.15, -0.1) is 0 Å². The lowest BCUT2D eigenvalue weighted by atomic mass is 10.2. The van der Waals surface area contributed by atoms with Crippen molar-refractivity contribution in [2.24, 2.45) is 0 Å². The number of rotatable bonds is 3. The highest BCUT2D eigenvalue weighted by atomic mass is 35.5. The molecule has 0 atom stereocenters. The number of hydrogen-bond donors (Lipinski definition) is 1. The molecular formula is C18H20ClN3O2S2. The molecule has 26 heavy (non-hydrogen) atoms. The van der Waals surface area contributed by atoms with Crippen molar-refractivity contribution in [2.75, 3.05) is 31.5 Å². The average Bonchev–Trinajstić information content (AvgIpc) is 2.65. The van der Waals surface area contributed by atoms with Gasteiger partial charge in [0.1, 0.15) is 0 Å². The molecule has 0 saturated carbocycles. The van der Waals surface area contributed by atoms with Gasteiger partial charge in [0.05, 0.1) is 4.90 Å². The van der Waals surface area contributed by atoms with Gasteiger partial charge in [-0.25, -0.2) is 8.42 Å². The molecule has 1 heterocycles. The Bertz CT molecular complexity index is 896. The van der Waals surface area contributed by atoms with E-state index in [0.717, 1.165) is 11.3 Å². The third-order valence-electron chi connectivity index (χ3n) is 4.33. The third-order valence-corrected chi connectivity index (χ3v) is 7.01. The maximum atomic E-state index is 12.7. The smallest absolute Gasteiger partial charge is 0.243 e. The van der Waals surface area contributed by atoms with Crippen molar-refractivity contribution in [1.82, 2.24) is 9.21 Å². The van der Waals surface area contributed by atoms with Crippen LogP contribution in [0.2, 0.25) is 5.02 Å². The minimum atomic E-state index is -3.45. The van der Waals surface area contributed by atoms with E-state index in [0.29, 0.717) is 41.2 Å². The molecule has 1 N–H and O–H groups in total. The van der Waals surface area contributed by atoms with Gasteiger partial charge < -0.3 is 10.2 Å². The predicted molar refractivity (Wildman–Crippen MR) is 109 cm³/mol. The van der Waals surface area contributed by atoms with Crippen molar-refractivity contribution in [3.63, 3.8) is 0 Å². The van der Waals surface area contributed by atoms with Crippen molar-refractivity contribution < 1.29 is 8.42 Å². The Labute approximate surface area is 164 Å². The molecule has 3 rings (SSSR count). The minimum Gasteiger partial charge on any atom is -0.346 e. The second-order valence-electron chi connectivity index (χ2n) is 6.10. The van der Waals surface area contributed by atoms with Crippen LogP contribution in [0.4, 0.5) is 5.69 Å². The molecule has 2 aromatic rings. The van der Waals surface area contributed by atoms with Crippen LogP contribution >= 0.6 is 23.8 Å². The number of halogens is 1. The molecule has 0 radical (unpaired) electrons. The summed E-state index contributed by atoms with van der Waals surface area (Å²) in [5.41, 5.74) is 1.83. The molecule has 0 amide bonds. The first-order valence-electron chi connectivity index (χ1n) is 8.25. The van der Waals surface area contributed by atoms with Crippen LogP contribution in [0.15, 0.2) is 53.4 Å². The number of piperazine rings is 1. The van der Waals surface area contributed by atoms with E-state index in [4.69, 9.17) is 23.8 Å². The van der Waals surface area contributed by atoms with Crippen molar-refractivity contribution in [2.45, 2.75) is 11.8 Å². The summed E-state index contributed by atoms with van der Waals surface area (Å²) in [7, 11) is -3.45. The first kappa shape index (κ1) is 19.1. The molecule has 5 nitrogen and oxygen atoms in total. The quantitative estimate of drug-likeness (QED) is 0.788. The van der Waals surface area contributed by atoms with Crippen LogP contribution < -0.4 is 5.32 Å². The standard InChI is InChI=1S/C18H20ClN3O2S2/c1-14-7-8-15(13-17(14)19)20-18(25)21-9-11-22(12-10-21)26(23,24)16-5-3-2-4-6-16/h2-8,13H,9-12H2,1H3,(H,20,25). The van der Waals surface area contributed by atoms with Gasteiger partial charge in [0.25, 0.3) is 0 Å². The Balaban J connectivity index is 1.61. The normalized spacial score (nSPS) is 15.7. The summed E-state index contributed by atoms with van der Waals surface area (Å²) in [6, 6.07) is 14.2. The zero-order chi connectivity index (χ0) is 18.7. The van der Waals surface area contributed by atoms with E-state index < -0.39 is 10.0 Å². The second-order valence-corrected chi connectivity index (χ2v) is 8.83. The van der Waals surface area contributed by atoms with Gasteiger partial charge in [-0.2, -0.15) is 4.31 Å². The molecule has 0 bridgehead atoms. The van der Waals surface area contributed by atoms with E-state index >= 15 is 0 Å². The minimum absolute atomic E-state index is 0.323. The Kier molecular flexibility index (Phi) is 5.82. The number of nitrogens with zero attached hydrogens (tertiary/aromatic N) is 2. The lowest BCUT2D eigenvalue weighted by Gasteiger charge is -2.35. The fourth-order valence-corrected chi connectivity index (χ4v) is 4.67. The molecule has 1 fully saturated rings. The summed E-state index contributed by atoms with van der Waals surface area (Å²) in [6.45, 7) is 3.81. The number of aryl methyl sites for hydroxylation is 1. The highest BCUT2D eigenvalue weighted by Gasteiger charge is 2.29. The van der Waals surface area contributed by atoms with Gasteiger partial charge in [-0.05, 0) is 49.0 Å². The van der Waals surface area contributed by atoms with Gasteiger partial charge in [-0.1, -0.05) is 35.9 Å². The highest BCUT2D eigenvalue weighted by Crippen LogP contribution is 2.21. The molecule has 8 heteroatoms. The van der Waals surface area contributed by atoms with Crippen LogP contribution in [0.25, 0.3) is 0 Å². The van der Waals surface area contributed by atoms with Crippen LogP contribution in [0, 0.1) is 6.92 Å². The van der Waals surface area contributed by atoms with Gasteiger partial charge in [0.2, 0.25) is 10.0 Å². The van der Waals surface area contributed by atoms with Gasteiger partial charge in [0.15, 0.2) is 5.11 Å². The fourth-order valence-electron chi connectivity index (χ4n) is 2.75. The monoisotopic (exact) mass is 409 g/mol. The Hall–Kier alpha value is -1.67. The average molecular weight is 410 g/mol. The van der Waals surface area contributed by atoms with Crippen molar-refractivity contribution in [3.8, 4) is 0 Å². The SMILES string of the molecule is Cc1ccc(NC(=S)N2CCN(S(=O)(=O)c3ccccc3)CC2)cc1Cl. The molecule has 0 unspecified atom stereocenters. The summed E-state index contributed by atoms with van der Waals surface area (Å²) in [6.07, 6.45) is 0. The van der Waals surface area contributed by atoms with Gasteiger partial charge in [-0.3, -0.25) is 0 Å². The Morgan fingerprint density at radius 3 is 2.35 bits per heavy atom. The van der Waals surface area contributed by atoms with E-state index in [-0.39, 0.29) is 0 Å². The van der Waals surface area contributed by atoms with Crippen molar-refractivity contribution >= 4 is 44.6 Å². The van der Waals surface area contributed by atoms with Crippen LogP contribution in [-0.2, 0) is 10.0 Å². The summed E-state index contributed by atoms with van der Waals surface area (Å²) in [5, 5.41) is 4.42. The summed E-state index contributed by atoms with van der Waals surface area (Å²) in [5.74, 6) is 0. The molecule has 0 spiro atoms. The largest absolute Gasteiger partial charge is 0.346 e. The number of anilines is 1. The van der Waals surface area contributed by atoms with Crippen molar-refractivity contribution in [3.05, 3.63) is 59.1 Å². The number of nitrogens with one attached hydrogen (secondary N) is 1. The Morgan fingerprint density at radius 1 is 1.08 bits per heavy atom. The van der Waals surface area contributed by atoms with Crippen LogP contribution in [-0.4, -0.2) is 48.9 Å². The first-order chi connectivity index (χ1) is 12.4. The number of thiocarbonyl (C=S) groups is 1. The van der Waals surface area contributed by atoms with Gasteiger partial charge in [0, 0.05) is 36.9 Å². The lowest BCUT2D eigenvalue weighted by Crippen LogP contribution is -2.51. The molecule has 138 valence electrons. The Morgan fingerprint density at radius 2 is 1.73 bits per heavy atom. The maximum Gasteiger partial charge on any atom is 0.243 e. The second kappa shape index (κ2) is 7.92. The summed E-state index contributed by atoms with van der Waals surface area (Å²) in [4.78, 5) is 2.29. The molecule has 0 aliphatic carbocycles. The van der Waals surface area contributed by atoms with E-state index in [1.165, 1.54) is 4.31 Å². The van der Waals surface area contributed by atoms with E-state index in [9.17, 15) is 8.42 Å². The topological polar surface area (TPSA) is 52.6 Å². The number of benzene rings is 2. The molecule has 2 aromatic carbocycles. The van der Waals surface area contributed by atoms with Crippen LogP contribution in [0.5, 0.6) is 0 Å². The molecule has 1 aliphatic heterocycles. The number of hydrogen-bond acceptors (Lipinski definition) is 3.